The smallest absolute Gasteiger partial charge is 0.444 e. The Morgan fingerprint density at radius 2 is 1.17 bits per heavy atom. The molecule has 4 aromatic rings. The molecule has 3 aromatic carbocycles. The highest BCUT2D eigenvalue weighted by Crippen LogP contribution is 2.53. The number of benzene rings is 3. The van der Waals surface area contributed by atoms with E-state index in [1.54, 1.807) is 165 Å². The van der Waals surface area contributed by atoms with Crippen LogP contribution in [0.3, 0.4) is 0 Å². The lowest BCUT2D eigenvalue weighted by Gasteiger charge is -2.30. The van der Waals surface area contributed by atoms with Crippen molar-refractivity contribution in [3.05, 3.63) is 113 Å². The van der Waals surface area contributed by atoms with Gasteiger partial charge in [0.2, 0.25) is 17.8 Å². The van der Waals surface area contributed by atoms with Crippen molar-refractivity contribution in [1.29, 1.82) is 0 Å². The maximum Gasteiger partial charge on any atom is 0.453 e. The van der Waals surface area contributed by atoms with Crippen molar-refractivity contribution in [2.75, 3.05) is 6.61 Å². The van der Waals surface area contributed by atoms with Crippen molar-refractivity contribution < 1.29 is 51.8 Å². The van der Waals surface area contributed by atoms with Crippen molar-refractivity contribution in [2.24, 2.45) is 4.99 Å². The number of carbonyl (C=O) groups excluding carboxylic acids is 5. The van der Waals surface area contributed by atoms with Crippen LogP contribution in [0.15, 0.2) is 107 Å². The number of hydrogen-bond acceptors (Lipinski definition) is 13. The number of nitrogens with one attached hydrogen (secondary N) is 5. The Kier molecular flexibility index (Phi) is 17.9. The zero-order valence-electron chi connectivity index (χ0n) is 38.3. The van der Waals surface area contributed by atoms with E-state index in [1.165, 1.54) is 18.3 Å². The van der Waals surface area contributed by atoms with Gasteiger partial charge in [0, 0.05) is 6.42 Å². The number of carbonyl (C=O) groups is 5. The number of para-hydroxylation sites is 2. The number of hydrogen-bond donors (Lipinski definition) is 5. The minimum absolute atomic E-state index is 0.133. The second-order valence-corrected chi connectivity index (χ2v) is 20.6. The van der Waals surface area contributed by atoms with Crippen LogP contribution in [0, 0.1) is 0 Å². The Hall–Kier alpha value is -6.23. The van der Waals surface area contributed by atoms with E-state index in [-0.39, 0.29) is 36.2 Å². The summed E-state index contributed by atoms with van der Waals surface area (Å²) >= 11 is 1.20. The van der Waals surface area contributed by atoms with E-state index >= 15 is 4.57 Å². The summed E-state index contributed by atoms with van der Waals surface area (Å²) in [6.45, 7) is 16.7. The van der Waals surface area contributed by atoms with Crippen LogP contribution in [-0.4, -0.2) is 77.1 Å². The van der Waals surface area contributed by atoms with Crippen molar-refractivity contribution >= 4 is 60.5 Å². The highest BCUT2D eigenvalue weighted by atomic mass is 32.1. The van der Waals surface area contributed by atoms with E-state index in [9.17, 15) is 24.0 Å². The Balaban J connectivity index is 1.67. The van der Waals surface area contributed by atoms with Crippen molar-refractivity contribution in [2.45, 2.75) is 110 Å². The van der Waals surface area contributed by atoms with Crippen LogP contribution in [0.1, 0.15) is 84.5 Å². The van der Waals surface area contributed by atoms with Crippen molar-refractivity contribution in [3.8, 4) is 11.5 Å². The second-order valence-electron chi connectivity index (χ2n) is 17.6. The molecule has 4 rings (SSSR count). The van der Waals surface area contributed by atoms with Gasteiger partial charge in [-0.3, -0.25) is 25.0 Å². The van der Waals surface area contributed by atoms with E-state index in [2.05, 4.69) is 31.6 Å². The van der Waals surface area contributed by atoms with Gasteiger partial charge in [-0.15, -0.1) is 11.3 Å². The van der Waals surface area contributed by atoms with E-state index < -0.39 is 72.2 Å². The fraction of sp³-hybridized carbons (Fsp3) is 0.391. The number of ether oxygens (including phenoxy) is 3. The molecular weight excluding hydrogens is 876 g/mol. The van der Waals surface area contributed by atoms with Gasteiger partial charge in [-0.05, 0) is 123 Å². The molecule has 17 nitrogen and oxygen atoms in total. The largest absolute Gasteiger partial charge is 0.453 e. The molecule has 3 atom stereocenters. The molecule has 65 heavy (non-hydrogen) atoms. The third kappa shape index (κ3) is 18.4. The molecule has 0 aliphatic heterocycles. The molecule has 5 amide bonds. The first-order valence-corrected chi connectivity index (χ1v) is 23.2. The summed E-state index contributed by atoms with van der Waals surface area (Å²) in [5.41, 5.74) is -1.55. The standard InChI is InChI=1S/C46H59N6O11PS/c1-30(47-39(54)35(29-59-44(2,3)4)49-40(55)36-22-17-27-65-36)38(53)50-37(64(58,62-33-18-13-11-14-19-33)63-34-20-15-12-16-21-34)28-31-23-25-32(26-24-31)48-41(51-42(56)60-45(5,6)7)52-43(57)61-46(8,9)10/h11-27,30,35,37H,28-29H2,1-10H3,(H,47,54)(H,49,55)(H,50,53)(H2,48,51,52,56,57)/t30-,35+,37?/m0/s1. The molecule has 0 spiro atoms. The van der Waals surface area contributed by atoms with Gasteiger partial charge >= 0.3 is 19.8 Å². The summed E-state index contributed by atoms with van der Waals surface area (Å²) in [6.07, 6.45) is -1.89. The SMILES string of the molecule is C[C@H](NC(=O)[C@@H](COC(C)(C)C)NC(=O)c1cccs1)C(=O)NC(Cc1ccc(N=C(NC(=O)OC(C)(C)C)NC(=O)OC(C)(C)C)cc1)P(=O)(Oc1ccccc1)Oc1ccccc1. The van der Waals surface area contributed by atoms with Crippen LogP contribution in [0.5, 0.6) is 11.5 Å². The van der Waals surface area contributed by atoms with Crippen LogP contribution in [0.2, 0.25) is 0 Å². The zero-order valence-corrected chi connectivity index (χ0v) is 40.0. The molecule has 5 N–H and O–H groups in total. The lowest BCUT2D eigenvalue weighted by Crippen LogP contribution is -2.55. The highest BCUT2D eigenvalue weighted by molar-refractivity contribution is 7.55. The molecule has 0 saturated heterocycles. The Labute approximate surface area is 383 Å². The molecule has 0 fully saturated rings. The Morgan fingerprint density at radius 3 is 1.63 bits per heavy atom. The van der Waals surface area contributed by atoms with Crippen LogP contribution < -0.4 is 35.6 Å². The number of aliphatic imine (C=N–C) groups is 1. The summed E-state index contributed by atoms with van der Waals surface area (Å²) in [4.78, 5) is 71.1. The summed E-state index contributed by atoms with van der Waals surface area (Å²) in [7, 11) is -4.43. The first-order valence-electron chi connectivity index (χ1n) is 20.7. The minimum Gasteiger partial charge on any atom is -0.444 e. The lowest BCUT2D eigenvalue weighted by molar-refractivity contribution is -0.131. The monoisotopic (exact) mass is 934 g/mol. The van der Waals surface area contributed by atoms with Crippen molar-refractivity contribution in [3.63, 3.8) is 0 Å². The van der Waals surface area contributed by atoms with E-state index in [0.717, 1.165) is 0 Å². The second kappa shape index (κ2) is 22.6. The van der Waals surface area contributed by atoms with Crippen LogP contribution in [0.25, 0.3) is 0 Å². The number of rotatable bonds is 16. The summed E-state index contributed by atoms with van der Waals surface area (Å²) in [6, 6.07) is 23.9. The predicted octanol–water partition coefficient (Wildman–Crippen LogP) is 8.24. The summed E-state index contributed by atoms with van der Waals surface area (Å²) in [5, 5.41) is 14.8. The third-order valence-electron chi connectivity index (χ3n) is 8.29. The van der Waals surface area contributed by atoms with Gasteiger partial charge in [0.05, 0.1) is 22.8 Å². The summed E-state index contributed by atoms with van der Waals surface area (Å²) < 4.78 is 44.1. The lowest BCUT2D eigenvalue weighted by atomic mass is 10.1. The van der Waals surface area contributed by atoms with Gasteiger partial charge in [0.25, 0.3) is 5.91 Å². The number of guanidine groups is 1. The molecule has 0 aliphatic rings. The first-order chi connectivity index (χ1) is 30.4. The van der Waals surface area contributed by atoms with Gasteiger partial charge in [0.15, 0.2) is 5.78 Å². The molecule has 350 valence electrons. The summed E-state index contributed by atoms with van der Waals surface area (Å²) in [5.74, 6) is -3.19. The molecule has 19 heteroatoms. The number of nitrogens with zero attached hydrogens (tertiary/aromatic N) is 1. The van der Waals surface area contributed by atoms with E-state index in [0.29, 0.717) is 10.4 Å². The minimum atomic E-state index is -4.43. The number of amides is 5. The molecule has 0 aliphatic carbocycles. The zero-order chi connectivity index (χ0) is 48.0. The van der Waals surface area contributed by atoms with E-state index in [1.807, 2.05) is 0 Å². The van der Waals surface area contributed by atoms with E-state index in [4.69, 9.17) is 23.3 Å². The molecule has 1 heterocycles. The van der Waals surface area contributed by atoms with Crippen LogP contribution >= 0.6 is 18.9 Å². The first kappa shape index (κ1) is 51.4. The Morgan fingerprint density at radius 1 is 0.646 bits per heavy atom. The predicted molar refractivity (Wildman–Crippen MR) is 249 cm³/mol. The fourth-order valence-corrected chi connectivity index (χ4v) is 7.88. The van der Waals surface area contributed by atoms with Crippen LogP contribution in [0.4, 0.5) is 15.3 Å². The fourth-order valence-electron chi connectivity index (χ4n) is 5.41. The van der Waals surface area contributed by atoms with Gasteiger partial charge in [0.1, 0.15) is 34.8 Å². The van der Waals surface area contributed by atoms with Gasteiger partial charge in [-0.1, -0.05) is 54.6 Å². The molecular formula is C46H59N6O11PS. The quantitative estimate of drug-likeness (QED) is 0.0409. The van der Waals surface area contributed by atoms with Gasteiger partial charge in [-0.2, -0.15) is 0 Å². The average molecular weight is 935 g/mol. The Bertz CT molecular complexity index is 2210. The molecule has 0 saturated carbocycles. The molecule has 0 bridgehead atoms. The number of alkyl carbamates (subject to hydrolysis) is 2. The topological polar surface area (TPSA) is 221 Å². The average Bonchev–Trinajstić information content (AvgIpc) is 3.74. The van der Waals surface area contributed by atoms with Crippen LogP contribution in [-0.2, 0) is 34.8 Å². The molecule has 1 unspecified atom stereocenters. The molecule has 0 radical (unpaired) electrons. The maximum absolute atomic E-state index is 15.2. The third-order valence-corrected chi connectivity index (χ3v) is 11.2. The van der Waals surface area contributed by atoms with Crippen molar-refractivity contribution in [1.82, 2.24) is 26.6 Å². The molecule has 1 aromatic heterocycles. The maximum atomic E-state index is 15.2. The normalized spacial score (nSPS) is 13.1. The number of thiophene rings is 1. The van der Waals surface area contributed by atoms with Gasteiger partial charge < -0.3 is 39.2 Å². The van der Waals surface area contributed by atoms with Gasteiger partial charge in [-0.25, -0.2) is 19.1 Å². The highest BCUT2D eigenvalue weighted by Gasteiger charge is 2.42.